The molecular formula is C18H24N4OS. The van der Waals surface area contributed by atoms with Crippen LogP contribution in [0.25, 0.3) is 0 Å². The average Bonchev–Trinajstić information content (AvgIpc) is 2.99. The first kappa shape index (κ1) is 16.9. The maximum atomic E-state index is 12.5. The second-order valence-electron chi connectivity index (χ2n) is 6.28. The van der Waals surface area contributed by atoms with Crippen LogP contribution in [-0.4, -0.2) is 46.5 Å². The number of hydrogen-bond acceptors (Lipinski definition) is 4. The van der Waals surface area contributed by atoms with Gasteiger partial charge in [-0.2, -0.15) is 0 Å². The van der Waals surface area contributed by atoms with Crippen molar-refractivity contribution in [1.29, 1.82) is 0 Å². The minimum atomic E-state index is 0.0228. The predicted molar refractivity (Wildman–Crippen MR) is 97.0 cm³/mol. The van der Waals surface area contributed by atoms with Gasteiger partial charge in [0.25, 0.3) is 0 Å². The minimum absolute atomic E-state index is 0.0228. The molecule has 1 fully saturated rings. The third-order valence-electron chi connectivity index (χ3n) is 4.47. The van der Waals surface area contributed by atoms with Crippen molar-refractivity contribution in [3.63, 3.8) is 0 Å². The molecule has 3 rings (SSSR count). The molecule has 0 saturated carbocycles. The van der Waals surface area contributed by atoms with E-state index < -0.39 is 0 Å². The summed E-state index contributed by atoms with van der Waals surface area (Å²) in [7, 11) is 0. The van der Waals surface area contributed by atoms with Gasteiger partial charge in [-0.3, -0.25) is 4.90 Å². The lowest BCUT2D eigenvalue weighted by Crippen LogP contribution is -2.56. The highest BCUT2D eigenvalue weighted by molar-refractivity contribution is 7.09. The van der Waals surface area contributed by atoms with Crippen molar-refractivity contribution in [3.8, 4) is 0 Å². The highest BCUT2D eigenvalue weighted by Gasteiger charge is 2.27. The molecule has 0 bridgehead atoms. The van der Waals surface area contributed by atoms with E-state index >= 15 is 0 Å². The van der Waals surface area contributed by atoms with E-state index in [0.717, 1.165) is 36.8 Å². The molecule has 2 aromatic rings. The summed E-state index contributed by atoms with van der Waals surface area (Å²) in [6, 6.07) is 10.7. The molecule has 1 saturated heterocycles. The van der Waals surface area contributed by atoms with Crippen LogP contribution in [0.15, 0.2) is 35.8 Å². The first-order valence-corrected chi connectivity index (χ1v) is 9.21. The van der Waals surface area contributed by atoms with E-state index in [-0.39, 0.29) is 12.1 Å². The standard InChI is InChI=1S/C18H24N4OS/c1-14-11-21(12-16-6-4-3-5-7-16)8-9-22(14)18(23)19-10-17-15(2)20-13-24-17/h3-7,13-14H,8-12H2,1-2H3,(H,19,23)/t14-/m0/s1. The third-order valence-corrected chi connectivity index (χ3v) is 5.40. The van der Waals surface area contributed by atoms with E-state index in [9.17, 15) is 4.79 Å². The Morgan fingerprint density at radius 1 is 1.33 bits per heavy atom. The summed E-state index contributed by atoms with van der Waals surface area (Å²) in [5.74, 6) is 0. The van der Waals surface area contributed by atoms with Crippen molar-refractivity contribution >= 4 is 17.4 Å². The number of amides is 2. The van der Waals surface area contributed by atoms with E-state index in [1.807, 2.05) is 23.4 Å². The molecule has 128 valence electrons. The predicted octanol–water partition coefficient (Wildman–Crippen LogP) is 2.87. The van der Waals surface area contributed by atoms with Crippen LogP contribution >= 0.6 is 11.3 Å². The molecule has 1 aromatic carbocycles. The smallest absolute Gasteiger partial charge is 0.318 e. The van der Waals surface area contributed by atoms with Crippen molar-refractivity contribution in [1.82, 2.24) is 20.1 Å². The largest absolute Gasteiger partial charge is 0.333 e. The molecule has 2 heterocycles. The van der Waals surface area contributed by atoms with Crippen LogP contribution in [-0.2, 0) is 13.1 Å². The van der Waals surface area contributed by atoms with Gasteiger partial charge in [-0.25, -0.2) is 9.78 Å². The number of thiazole rings is 1. The van der Waals surface area contributed by atoms with Crippen LogP contribution in [0.4, 0.5) is 4.79 Å². The summed E-state index contributed by atoms with van der Waals surface area (Å²) in [4.78, 5) is 22.2. The average molecular weight is 344 g/mol. The molecule has 0 aliphatic carbocycles. The Balaban J connectivity index is 1.50. The first-order valence-electron chi connectivity index (χ1n) is 8.33. The molecule has 5 nitrogen and oxygen atoms in total. The highest BCUT2D eigenvalue weighted by atomic mass is 32.1. The van der Waals surface area contributed by atoms with Gasteiger partial charge in [0.15, 0.2) is 0 Å². The monoisotopic (exact) mass is 344 g/mol. The molecule has 1 aliphatic rings. The number of nitrogens with zero attached hydrogens (tertiary/aromatic N) is 3. The van der Waals surface area contributed by atoms with E-state index in [2.05, 4.69) is 46.4 Å². The van der Waals surface area contributed by atoms with Crippen molar-refractivity contribution in [2.45, 2.75) is 33.0 Å². The summed E-state index contributed by atoms with van der Waals surface area (Å²) in [5, 5.41) is 3.03. The Labute approximate surface area is 147 Å². The number of piperazine rings is 1. The van der Waals surface area contributed by atoms with Crippen molar-refractivity contribution < 1.29 is 4.79 Å². The van der Waals surface area contributed by atoms with Crippen molar-refractivity contribution in [2.75, 3.05) is 19.6 Å². The van der Waals surface area contributed by atoms with E-state index in [0.29, 0.717) is 6.54 Å². The molecule has 1 N–H and O–H groups in total. The maximum Gasteiger partial charge on any atom is 0.318 e. The number of carbonyl (C=O) groups is 1. The Kier molecular flexibility index (Phi) is 5.48. The van der Waals surface area contributed by atoms with Gasteiger partial charge in [0, 0.05) is 37.1 Å². The van der Waals surface area contributed by atoms with Gasteiger partial charge in [-0.15, -0.1) is 11.3 Å². The topological polar surface area (TPSA) is 48.5 Å². The number of hydrogen-bond donors (Lipinski definition) is 1. The molecule has 24 heavy (non-hydrogen) atoms. The van der Waals surface area contributed by atoms with Gasteiger partial charge in [-0.05, 0) is 19.4 Å². The lowest BCUT2D eigenvalue weighted by molar-refractivity contribution is 0.0974. The lowest BCUT2D eigenvalue weighted by Gasteiger charge is -2.39. The molecule has 2 amide bonds. The quantitative estimate of drug-likeness (QED) is 0.928. The van der Waals surface area contributed by atoms with E-state index in [1.54, 1.807) is 11.3 Å². The molecule has 0 unspecified atom stereocenters. The summed E-state index contributed by atoms with van der Waals surface area (Å²) in [6.45, 7) is 8.18. The van der Waals surface area contributed by atoms with E-state index in [4.69, 9.17) is 0 Å². The second-order valence-corrected chi connectivity index (χ2v) is 7.22. The number of benzene rings is 1. The Bertz CT molecular complexity index is 673. The summed E-state index contributed by atoms with van der Waals surface area (Å²) in [6.07, 6.45) is 0. The second kappa shape index (κ2) is 7.77. The molecule has 1 aliphatic heterocycles. The number of aromatic nitrogens is 1. The zero-order valence-electron chi connectivity index (χ0n) is 14.2. The van der Waals surface area contributed by atoms with Crippen LogP contribution in [0.1, 0.15) is 23.1 Å². The van der Waals surface area contributed by atoms with Crippen LogP contribution in [0.3, 0.4) is 0 Å². The fourth-order valence-corrected chi connectivity index (χ4v) is 3.79. The Morgan fingerprint density at radius 2 is 2.12 bits per heavy atom. The van der Waals surface area contributed by atoms with Gasteiger partial charge in [-0.1, -0.05) is 30.3 Å². The number of rotatable bonds is 4. The van der Waals surface area contributed by atoms with Crippen LogP contribution < -0.4 is 5.32 Å². The van der Waals surface area contributed by atoms with Crippen LogP contribution in [0.2, 0.25) is 0 Å². The van der Waals surface area contributed by atoms with Gasteiger partial charge in [0.05, 0.1) is 17.7 Å². The van der Waals surface area contributed by atoms with Crippen LogP contribution in [0.5, 0.6) is 0 Å². The molecule has 0 radical (unpaired) electrons. The zero-order chi connectivity index (χ0) is 16.9. The van der Waals surface area contributed by atoms with Crippen molar-refractivity contribution in [2.24, 2.45) is 0 Å². The fourth-order valence-electron chi connectivity index (χ4n) is 3.07. The minimum Gasteiger partial charge on any atom is -0.333 e. The van der Waals surface area contributed by atoms with Gasteiger partial charge in [0.1, 0.15) is 0 Å². The van der Waals surface area contributed by atoms with Crippen LogP contribution in [0, 0.1) is 6.92 Å². The summed E-state index contributed by atoms with van der Waals surface area (Å²) in [5.41, 5.74) is 4.14. The number of nitrogens with one attached hydrogen (secondary N) is 1. The molecular weight excluding hydrogens is 320 g/mol. The number of aryl methyl sites for hydroxylation is 1. The molecule has 0 spiro atoms. The van der Waals surface area contributed by atoms with E-state index in [1.165, 1.54) is 5.56 Å². The molecule has 1 aromatic heterocycles. The van der Waals surface area contributed by atoms with Gasteiger partial charge >= 0.3 is 6.03 Å². The Morgan fingerprint density at radius 3 is 2.79 bits per heavy atom. The van der Waals surface area contributed by atoms with Gasteiger partial charge in [0.2, 0.25) is 0 Å². The first-order chi connectivity index (χ1) is 11.6. The highest BCUT2D eigenvalue weighted by Crippen LogP contribution is 2.15. The fraction of sp³-hybridized carbons (Fsp3) is 0.444. The van der Waals surface area contributed by atoms with Gasteiger partial charge < -0.3 is 10.2 Å². The number of carbonyl (C=O) groups excluding carboxylic acids is 1. The molecule has 1 atom stereocenters. The third kappa shape index (κ3) is 4.13. The zero-order valence-corrected chi connectivity index (χ0v) is 15.1. The number of urea groups is 1. The van der Waals surface area contributed by atoms with Crippen molar-refractivity contribution in [3.05, 3.63) is 52.0 Å². The maximum absolute atomic E-state index is 12.5. The summed E-state index contributed by atoms with van der Waals surface area (Å²) >= 11 is 1.59. The summed E-state index contributed by atoms with van der Waals surface area (Å²) < 4.78 is 0. The normalized spacial score (nSPS) is 18.6. The lowest BCUT2D eigenvalue weighted by atomic mass is 10.1. The molecule has 6 heteroatoms. The SMILES string of the molecule is Cc1ncsc1CNC(=O)N1CCN(Cc2ccccc2)C[C@@H]1C. The Hall–Kier alpha value is -1.92.